The third-order valence-electron chi connectivity index (χ3n) is 7.00. The van der Waals surface area contributed by atoms with Gasteiger partial charge in [-0.1, -0.05) is 69.0 Å². The average Bonchev–Trinajstić information content (AvgIpc) is 2.97. The first-order chi connectivity index (χ1) is 20.2. The van der Waals surface area contributed by atoms with E-state index in [1.807, 2.05) is 18.2 Å². The SMILES string of the molecule is CCCCCCCOc1cnc(CCc2ccc3c(F)c(CCc4ccc(OCC(F)(F)F)c(F)c4)ccc3c2)nc1. The smallest absolute Gasteiger partial charge is 0.422 e. The van der Waals surface area contributed by atoms with Crippen LogP contribution in [0.3, 0.4) is 0 Å². The highest BCUT2D eigenvalue weighted by Gasteiger charge is 2.29. The molecule has 0 radical (unpaired) electrons. The van der Waals surface area contributed by atoms with Crippen LogP contribution in [0.4, 0.5) is 22.0 Å². The predicted molar refractivity (Wildman–Crippen MR) is 153 cm³/mol. The Morgan fingerprint density at radius 1 is 0.738 bits per heavy atom. The summed E-state index contributed by atoms with van der Waals surface area (Å²) in [6.07, 6.45) is 6.70. The van der Waals surface area contributed by atoms with E-state index >= 15 is 4.39 Å². The number of unbranched alkanes of at least 4 members (excludes halogenated alkanes) is 4. The van der Waals surface area contributed by atoms with Gasteiger partial charge in [0, 0.05) is 11.8 Å². The van der Waals surface area contributed by atoms with Crippen LogP contribution in [0.1, 0.15) is 61.5 Å². The Bertz CT molecular complexity index is 1440. The van der Waals surface area contributed by atoms with E-state index in [0.29, 0.717) is 60.4 Å². The standard InChI is InChI=1S/C33H35F5N2O2/c1-2-3-4-5-6-17-41-27-20-39-31(40-21-27)16-10-23-8-14-28-26(18-23)13-12-25(32(28)35)11-7-24-9-15-30(29(34)19-24)42-22-33(36,37)38/h8-9,12-15,18-21H,2-7,10-11,16-17,22H2,1H3. The molecule has 0 saturated heterocycles. The van der Waals surface area contributed by atoms with Gasteiger partial charge in [-0.3, -0.25) is 0 Å². The zero-order chi connectivity index (χ0) is 30.0. The molecule has 0 aliphatic rings. The van der Waals surface area contributed by atoms with E-state index in [-0.39, 0.29) is 5.82 Å². The molecule has 9 heteroatoms. The summed E-state index contributed by atoms with van der Waals surface area (Å²) in [5.74, 6) is -0.309. The Kier molecular flexibility index (Phi) is 11.1. The fourth-order valence-corrected chi connectivity index (χ4v) is 4.69. The molecule has 0 unspecified atom stereocenters. The molecule has 0 saturated carbocycles. The van der Waals surface area contributed by atoms with Crippen molar-refractivity contribution < 1.29 is 31.4 Å². The van der Waals surface area contributed by atoms with Crippen molar-refractivity contribution in [3.05, 3.63) is 95.1 Å². The highest BCUT2D eigenvalue weighted by atomic mass is 19.4. The number of fused-ring (bicyclic) bond motifs is 1. The minimum Gasteiger partial charge on any atom is -0.490 e. The molecule has 0 bridgehead atoms. The first-order valence-electron chi connectivity index (χ1n) is 14.3. The summed E-state index contributed by atoms with van der Waals surface area (Å²) >= 11 is 0. The zero-order valence-corrected chi connectivity index (χ0v) is 23.7. The zero-order valence-electron chi connectivity index (χ0n) is 23.7. The topological polar surface area (TPSA) is 44.2 Å². The fraction of sp³-hybridized carbons (Fsp3) is 0.394. The van der Waals surface area contributed by atoms with Gasteiger partial charge in [-0.15, -0.1) is 0 Å². The number of hydrogen-bond acceptors (Lipinski definition) is 4. The second-order valence-electron chi connectivity index (χ2n) is 10.4. The lowest BCUT2D eigenvalue weighted by molar-refractivity contribution is -0.153. The highest BCUT2D eigenvalue weighted by molar-refractivity contribution is 5.84. The van der Waals surface area contributed by atoms with Gasteiger partial charge in [0.1, 0.15) is 11.6 Å². The molecule has 0 N–H and O–H groups in total. The highest BCUT2D eigenvalue weighted by Crippen LogP contribution is 2.26. The normalized spacial score (nSPS) is 11.7. The Morgan fingerprint density at radius 2 is 1.45 bits per heavy atom. The van der Waals surface area contributed by atoms with Gasteiger partial charge >= 0.3 is 6.18 Å². The van der Waals surface area contributed by atoms with Gasteiger partial charge in [0.05, 0.1) is 19.0 Å². The van der Waals surface area contributed by atoms with Crippen LogP contribution < -0.4 is 9.47 Å². The molecular weight excluding hydrogens is 551 g/mol. The van der Waals surface area contributed by atoms with Crippen molar-refractivity contribution in [2.75, 3.05) is 13.2 Å². The number of aryl methyl sites for hydroxylation is 4. The van der Waals surface area contributed by atoms with E-state index in [9.17, 15) is 17.6 Å². The molecule has 0 aliphatic heterocycles. The van der Waals surface area contributed by atoms with Crippen molar-refractivity contribution in [2.24, 2.45) is 0 Å². The van der Waals surface area contributed by atoms with Crippen molar-refractivity contribution in [3.8, 4) is 11.5 Å². The molecule has 0 fully saturated rings. The molecule has 0 spiro atoms. The average molecular weight is 587 g/mol. The van der Waals surface area contributed by atoms with E-state index < -0.39 is 24.3 Å². The minimum atomic E-state index is -4.55. The Labute approximate surface area is 242 Å². The molecule has 1 heterocycles. The van der Waals surface area contributed by atoms with Gasteiger partial charge in [-0.05, 0) is 59.9 Å². The molecule has 1 aromatic heterocycles. The van der Waals surface area contributed by atoms with Crippen LogP contribution >= 0.6 is 0 Å². The largest absolute Gasteiger partial charge is 0.490 e. The lowest BCUT2D eigenvalue weighted by atomic mass is 9.98. The molecule has 224 valence electrons. The molecule has 4 aromatic rings. The van der Waals surface area contributed by atoms with Crippen LogP contribution in [-0.4, -0.2) is 29.4 Å². The van der Waals surface area contributed by atoms with Crippen LogP contribution in [0.15, 0.2) is 60.9 Å². The molecule has 3 aromatic carbocycles. The third-order valence-corrected chi connectivity index (χ3v) is 7.00. The van der Waals surface area contributed by atoms with E-state index in [2.05, 4.69) is 21.6 Å². The maximum absolute atomic E-state index is 15.3. The molecule has 42 heavy (non-hydrogen) atoms. The maximum Gasteiger partial charge on any atom is 0.422 e. The summed E-state index contributed by atoms with van der Waals surface area (Å²) < 4.78 is 76.7. The van der Waals surface area contributed by atoms with E-state index in [1.165, 1.54) is 31.4 Å². The van der Waals surface area contributed by atoms with Crippen LogP contribution in [0.25, 0.3) is 10.8 Å². The number of alkyl halides is 3. The molecule has 0 atom stereocenters. The summed E-state index contributed by atoms with van der Waals surface area (Å²) in [6.45, 7) is 1.29. The monoisotopic (exact) mass is 586 g/mol. The molecular formula is C33H35F5N2O2. The second kappa shape index (κ2) is 14.9. The van der Waals surface area contributed by atoms with E-state index in [0.717, 1.165) is 29.9 Å². The molecule has 4 nitrogen and oxygen atoms in total. The Hall–Kier alpha value is -3.75. The van der Waals surface area contributed by atoms with Gasteiger partial charge in [0.2, 0.25) is 0 Å². The number of halogens is 5. The van der Waals surface area contributed by atoms with Crippen molar-refractivity contribution in [1.82, 2.24) is 9.97 Å². The predicted octanol–water partition coefficient (Wildman–Crippen LogP) is 8.77. The van der Waals surface area contributed by atoms with Crippen LogP contribution in [-0.2, 0) is 25.7 Å². The van der Waals surface area contributed by atoms with Crippen LogP contribution in [0.5, 0.6) is 11.5 Å². The summed E-state index contributed by atoms with van der Waals surface area (Å²) in [4.78, 5) is 8.83. The molecule has 0 amide bonds. The number of benzene rings is 3. The van der Waals surface area contributed by atoms with Gasteiger partial charge < -0.3 is 9.47 Å². The Balaban J connectivity index is 1.29. The molecule has 4 rings (SSSR count). The van der Waals surface area contributed by atoms with Gasteiger partial charge in [0.15, 0.2) is 23.9 Å². The summed E-state index contributed by atoms with van der Waals surface area (Å²) in [6, 6.07) is 12.9. The van der Waals surface area contributed by atoms with E-state index in [1.54, 1.807) is 24.5 Å². The van der Waals surface area contributed by atoms with Gasteiger partial charge in [0.25, 0.3) is 0 Å². The summed E-state index contributed by atoms with van der Waals surface area (Å²) in [7, 11) is 0. The van der Waals surface area contributed by atoms with Crippen LogP contribution in [0, 0.1) is 11.6 Å². The van der Waals surface area contributed by atoms with Gasteiger partial charge in [-0.25, -0.2) is 18.7 Å². The van der Waals surface area contributed by atoms with Crippen molar-refractivity contribution in [2.45, 2.75) is 70.9 Å². The number of nitrogens with zero attached hydrogens (tertiary/aromatic N) is 2. The van der Waals surface area contributed by atoms with Crippen molar-refractivity contribution in [1.29, 1.82) is 0 Å². The van der Waals surface area contributed by atoms with Crippen molar-refractivity contribution in [3.63, 3.8) is 0 Å². The lowest BCUT2D eigenvalue weighted by Crippen LogP contribution is -2.19. The number of hydrogen-bond donors (Lipinski definition) is 0. The third kappa shape index (κ3) is 9.39. The Morgan fingerprint density at radius 3 is 2.19 bits per heavy atom. The van der Waals surface area contributed by atoms with Gasteiger partial charge in [-0.2, -0.15) is 13.2 Å². The first kappa shape index (κ1) is 31.2. The van der Waals surface area contributed by atoms with Crippen molar-refractivity contribution >= 4 is 10.8 Å². The molecule has 0 aliphatic carbocycles. The number of ether oxygens (including phenoxy) is 2. The maximum atomic E-state index is 15.3. The van der Waals surface area contributed by atoms with Crippen LogP contribution in [0.2, 0.25) is 0 Å². The first-order valence-corrected chi connectivity index (χ1v) is 14.3. The second-order valence-corrected chi connectivity index (χ2v) is 10.4. The van der Waals surface area contributed by atoms with E-state index in [4.69, 9.17) is 4.74 Å². The lowest BCUT2D eigenvalue weighted by Gasteiger charge is -2.11. The fourth-order valence-electron chi connectivity index (χ4n) is 4.69. The summed E-state index contributed by atoms with van der Waals surface area (Å²) in [5, 5.41) is 1.26. The summed E-state index contributed by atoms with van der Waals surface area (Å²) in [5.41, 5.74) is 2.05. The number of aromatic nitrogens is 2. The quantitative estimate of drug-likeness (QED) is 0.103. The minimum absolute atomic E-state index is 0.307. The number of rotatable bonds is 15.